The molecule has 1 amide bonds. The number of hydrogen-bond acceptors (Lipinski definition) is 6. The van der Waals surface area contributed by atoms with Gasteiger partial charge in [-0.1, -0.05) is 11.6 Å². The third-order valence-corrected chi connectivity index (χ3v) is 6.09. The van der Waals surface area contributed by atoms with Crippen LogP contribution in [0.5, 0.6) is 5.75 Å². The van der Waals surface area contributed by atoms with Crippen LogP contribution in [-0.4, -0.2) is 44.7 Å². The molecule has 2 saturated carbocycles. The molecule has 0 atom stereocenters. The number of amides is 1. The fourth-order valence-corrected chi connectivity index (χ4v) is 4.24. The van der Waals surface area contributed by atoms with Crippen LogP contribution in [-0.2, 0) is 18.3 Å². The number of alkyl carbamates (subject to hydrolysis) is 1. The van der Waals surface area contributed by atoms with Gasteiger partial charge in [-0.05, 0) is 44.7 Å². The highest BCUT2D eigenvalue weighted by molar-refractivity contribution is 5.68. The lowest BCUT2D eigenvalue weighted by Gasteiger charge is -2.34. The second-order valence-corrected chi connectivity index (χ2v) is 8.75. The molecular formula is C22H29F2N5O3. The fourth-order valence-electron chi connectivity index (χ4n) is 4.24. The number of nitrogens with zero attached hydrogens (tertiary/aromatic N) is 4. The van der Waals surface area contributed by atoms with E-state index in [-0.39, 0.29) is 38.0 Å². The molecular weight excluding hydrogens is 420 g/mol. The highest BCUT2D eigenvalue weighted by atomic mass is 19.3. The number of carbonyl (C=O) groups is 1. The summed E-state index contributed by atoms with van der Waals surface area (Å²) in [5.74, 6) is -2.14. The molecule has 0 aromatic carbocycles. The Balaban J connectivity index is 1.35. The molecule has 0 bridgehead atoms. The Morgan fingerprint density at radius 1 is 1.25 bits per heavy atom. The van der Waals surface area contributed by atoms with Crippen molar-refractivity contribution in [3.63, 3.8) is 0 Å². The lowest BCUT2D eigenvalue weighted by Crippen LogP contribution is -2.39. The monoisotopic (exact) mass is 449 g/mol. The first kappa shape index (κ1) is 22.4. The highest BCUT2D eigenvalue weighted by Crippen LogP contribution is 2.42. The van der Waals surface area contributed by atoms with Crippen molar-refractivity contribution in [1.29, 1.82) is 0 Å². The van der Waals surface area contributed by atoms with Crippen LogP contribution < -0.4 is 10.1 Å². The summed E-state index contributed by atoms with van der Waals surface area (Å²) >= 11 is 0. The number of aryl methyl sites for hydroxylation is 2. The van der Waals surface area contributed by atoms with Gasteiger partial charge in [0, 0.05) is 25.8 Å². The van der Waals surface area contributed by atoms with Gasteiger partial charge in [0.15, 0.2) is 0 Å². The first-order valence-electron chi connectivity index (χ1n) is 11.1. The van der Waals surface area contributed by atoms with Gasteiger partial charge < -0.3 is 14.8 Å². The molecule has 2 heterocycles. The zero-order valence-corrected chi connectivity index (χ0v) is 18.4. The van der Waals surface area contributed by atoms with Gasteiger partial charge in [-0.3, -0.25) is 0 Å². The van der Waals surface area contributed by atoms with Crippen LogP contribution in [0.4, 0.5) is 13.6 Å². The summed E-state index contributed by atoms with van der Waals surface area (Å²) in [6, 6.07) is 3.74. The van der Waals surface area contributed by atoms with Crippen molar-refractivity contribution >= 4 is 6.09 Å². The minimum atomic E-state index is -2.62. The maximum absolute atomic E-state index is 12.9. The predicted molar refractivity (Wildman–Crippen MR) is 112 cm³/mol. The smallest absolute Gasteiger partial charge is 0.407 e. The molecule has 1 N–H and O–H groups in total. The standard InChI is InChI=1S/C22H29F2N5O3/c1-14-19(32-16-6-4-3-5-7-16)9-8-17(26-14)20-18(29(2)28-27-20)12-25-21(30)31-13-15-10-22(23,24)11-15/h8-9,15-16H,3-7,10-13H2,1-2H3,(H,25,30). The van der Waals surface area contributed by atoms with Gasteiger partial charge in [-0.25, -0.2) is 23.2 Å². The van der Waals surface area contributed by atoms with Gasteiger partial charge in [0.2, 0.25) is 5.92 Å². The van der Waals surface area contributed by atoms with Gasteiger partial charge in [0.05, 0.1) is 36.3 Å². The molecule has 2 aromatic rings. The molecule has 0 radical (unpaired) electrons. The Hall–Kier alpha value is -2.78. The molecule has 2 aliphatic carbocycles. The molecule has 2 aliphatic rings. The Morgan fingerprint density at radius 3 is 2.69 bits per heavy atom. The molecule has 2 fully saturated rings. The summed E-state index contributed by atoms with van der Waals surface area (Å²) in [5, 5.41) is 10.9. The van der Waals surface area contributed by atoms with Crippen molar-refractivity contribution in [3.8, 4) is 17.1 Å². The average molecular weight is 450 g/mol. The zero-order valence-electron chi connectivity index (χ0n) is 18.4. The van der Waals surface area contributed by atoms with E-state index >= 15 is 0 Å². The number of ether oxygens (including phenoxy) is 2. The van der Waals surface area contributed by atoms with Crippen molar-refractivity contribution in [1.82, 2.24) is 25.3 Å². The van der Waals surface area contributed by atoms with Crippen LogP contribution in [0.3, 0.4) is 0 Å². The Labute approximate surface area is 185 Å². The number of carbonyl (C=O) groups excluding carboxylic acids is 1. The van der Waals surface area contributed by atoms with E-state index < -0.39 is 12.0 Å². The van der Waals surface area contributed by atoms with Gasteiger partial charge >= 0.3 is 6.09 Å². The van der Waals surface area contributed by atoms with Crippen molar-refractivity contribution in [2.75, 3.05) is 6.61 Å². The molecule has 4 rings (SSSR count). The fraction of sp³-hybridized carbons (Fsp3) is 0.636. The Morgan fingerprint density at radius 2 is 2.00 bits per heavy atom. The van der Waals surface area contributed by atoms with E-state index in [4.69, 9.17) is 9.47 Å². The van der Waals surface area contributed by atoms with Crippen molar-refractivity contribution < 1.29 is 23.0 Å². The normalized spacial score (nSPS) is 18.8. The molecule has 2 aromatic heterocycles. The van der Waals surface area contributed by atoms with Crippen molar-refractivity contribution in [2.24, 2.45) is 13.0 Å². The number of rotatable bonds is 7. The number of nitrogens with one attached hydrogen (secondary N) is 1. The quantitative estimate of drug-likeness (QED) is 0.682. The number of hydrogen-bond donors (Lipinski definition) is 1. The van der Waals surface area contributed by atoms with E-state index in [1.165, 1.54) is 19.3 Å². The predicted octanol–water partition coefficient (Wildman–Crippen LogP) is 4.17. The summed E-state index contributed by atoms with van der Waals surface area (Å²) in [5.41, 5.74) is 2.62. The maximum atomic E-state index is 12.9. The highest BCUT2D eigenvalue weighted by Gasteiger charge is 2.45. The van der Waals surface area contributed by atoms with Crippen LogP contribution in [0.2, 0.25) is 0 Å². The van der Waals surface area contributed by atoms with E-state index in [0.717, 1.165) is 24.3 Å². The summed E-state index contributed by atoms with van der Waals surface area (Å²) in [4.78, 5) is 16.6. The molecule has 0 aliphatic heterocycles. The topological polar surface area (TPSA) is 91.2 Å². The number of pyridine rings is 1. The average Bonchev–Trinajstić information content (AvgIpc) is 3.11. The van der Waals surface area contributed by atoms with Crippen LogP contribution in [0.25, 0.3) is 11.4 Å². The lowest BCUT2D eigenvalue weighted by atomic mass is 9.82. The van der Waals surface area contributed by atoms with Gasteiger partial charge in [0.25, 0.3) is 0 Å². The lowest BCUT2D eigenvalue weighted by molar-refractivity contribution is -0.122. The third-order valence-electron chi connectivity index (χ3n) is 6.09. The Kier molecular flexibility index (Phi) is 6.57. The first-order chi connectivity index (χ1) is 15.3. The molecule has 0 spiro atoms. The molecule has 8 nitrogen and oxygen atoms in total. The van der Waals surface area contributed by atoms with E-state index in [1.807, 2.05) is 19.1 Å². The maximum Gasteiger partial charge on any atom is 0.407 e. The van der Waals surface area contributed by atoms with Crippen molar-refractivity contribution in [2.45, 2.75) is 70.4 Å². The zero-order chi connectivity index (χ0) is 22.7. The van der Waals surface area contributed by atoms with Gasteiger partial charge in [0.1, 0.15) is 11.4 Å². The second-order valence-electron chi connectivity index (χ2n) is 8.75. The first-order valence-corrected chi connectivity index (χ1v) is 11.1. The Bertz CT molecular complexity index is 951. The van der Waals surface area contributed by atoms with Gasteiger partial charge in [-0.2, -0.15) is 0 Å². The summed E-state index contributed by atoms with van der Waals surface area (Å²) in [7, 11) is 1.72. The van der Waals surface area contributed by atoms with E-state index in [0.29, 0.717) is 17.1 Å². The minimum Gasteiger partial charge on any atom is -0.489 e. The molecule has 0 saturated heterocycles. The summed E-state index contributed by atoms with van der Waals surface area (Å²) < 4.78 is 38.5. The summed E-state index contributed by atoms with van der Waals surface area (Å²) in [6.07, 6.45) is 4.91. The van der Waals surface area contributed by atoms with Crippen LogP contribution in [0.15, 0.2) is 12.1 Å². The molecule has 32 heavy (non-hydrogen) atoms. The molecule has 174 valence electrons. The van der Waals surface area contributed by atoms with Gasteiger partial charge in [-0.15, -0.1) is 5.10 Å². The van der Waals surface area contributed by atoms with E-state index in [1.54, 1.807) is 11.7 Å². The van der Waals surface area contributed by atoms with E-state index in [2.05, 4.69) is 20.6 Å². The summed E-state index contributed by atoms with van der Waals surface area (Å²) in [6.45, 7) is 2.01. The van der Waals surface area contributed by atoms with E-state index in [9.17, 15) is 13.6 Å². The molecule has 0 unspecified atom stereocenters. The molecule has 10 heteroatoms. The van der Waals surface area contributed by atoms with Crippen LogP contribution in [0, 0.1) is 12.8 Å². The van der Waals surface area contributed by atoms with Crippen LogP contribution in [0.1, 0.15) is 56.3 Å². The largest absolute Gasteiger partial charge is 0.489 e. The van der Waals surface area contributed by atoms with Crippen LogP contribution >= 0.6 is 0 Å². The number of alkyl halides is 2. The second kappa shape index (κ2) is 9.38. The third kappa shape index (κ3) is 5.34. The van der Waals surface area contributed by atoms with Crippen molar-refractivity contribution in [3.05, 3.63) is 23.5 Å². The SMILES string of the molecule is Cc1nc(-c2nnn(C)c2CNC(=O)OCC2CC(F)(F)C2)ccc1OC1CCCCC1. The minimum absolute atomic E-state index is 0.0128. The number of aromatic nitrogens is 4. The number of halogens is 2.